The summed E-state index contributed by atoms with van der Waals surface area (Å²) >= 11 is 1.43. The molecule has 6 nitrogen and oxygen atoms in total. The largest absolute Gasteiger partial charge is 0.289 e. The minimum absolute atomic E-state index is 0.160. The van der Waals surface area contributed by atoms with E-state index in [4.69, 9.17) is 5.73 Å². The number of thiophene rings is 1. The highest BCUT2D eigenvalue weighted by Gasteiger charge is 2.28. The second-order valence-electron chi connectivity index (χ2n) is 6.34. The summed E-state index contributed by atoms with van der Waals surface area (Å²) in [5.74, 6) is 0.351. The highest BCUT2D eigenvalue weighted by atomic mass is 32.1. The number of hydrogen-bond donors (Lipinski definition) is 1. The highest BCUT2D eigenvalue weighted by Crippen LogP contribution is 2.42. The average molecular weight is 357 g/mol. The number of aryl methyl sites for hydroxylation is 2. The van der Waals surface area contributed by atoms with E-state index >= 15 is 0 Å². The number of nitriles is 1. The van der Waals surface area contributed by atoms with Crippen LogP contribution in [0.1, 0.15) is 54.3 Å². The second kappa shape index (κ2) is 7.19. The molecule has 2 heterocycles. The van der Waals surface area contributed by atoms with Crippen LogP contribution in [0.4, 0.5) is 11.5 Å². The molecule has 2 aromatic rings. The summed E-state index contributed by atoms with van der Waals surface area (Å²) < 4.78 is 0. The minimum Gasteiger partial charge on any atom is -0.286 e. The molecule has 130 valence electrons. The number of nitrogen functional groups attached to an aromatic ring is 1. The van der Waals surface area contributed by atoms with Crippen molar-refractivity contribution in [2.75, 3.05) is 5.73 Å². The number of unbranched alkanes of at least 4 members (excludes halogenated alkanes) is 1. The molecule has 0 aliphatic heterocycles. The maximum atomic E-state index is 11.5. The Labute approximate surface area is 150 Å². The van der Waals surface area contributed by atoms with Crippen molar-refractivity contribution in [1.29, 1.82) is 5.26 Å². The number of anilines is 1. The van der Waals surface area contributed by atoms with Crippen LogP contribution in [0, 0.1) is 21.4 Å². The monoisotopic (exact) mass is 357 g/mol. The fourth-order valence-electron chi connectivity index (χ4n) is 3.43. The molecule has 3 rings (SSSR count). The number of nitro groups is 1. The Morgan fingerprint density at radius 3 is 2.88 bits per heavy atom. The zero-order valence-electron chi connectivity index (χ0n) is 14.2. The highest BCUT2D eigenvalue weighted by molar-refractivity contribution is 7.16. The molecule has 0 amide bonds. The summed E-state index contributed by atoms with van der Waals surface area (Å²) in [4.78, 5) is 15.9. The fraction of sp³-hybridized carbons (Fsp3) is 0.444. The van der Waals surface area contributed by atoms with Crippen molar-refractivity contribution in [3.05, 3.63) is 37.9 Å². The lowest BCUT2D eigenvalue weighted by molar-refractivity contribution is -0.385. The Morgan fingerprint density at radius 1 is 1.44 bits per heavy atom. The smallest absolute Gasteiger partial charge is 0.286 e. The predicted molar refractivity (Wildman–Crippen MR) is 97.3 cm³/mol. The first-order chi connectivity index (χ1) is 12.1. The molecule has 0 spiro atoms. The number of H-pyrrole nitrogens is 1. The molecule has 0 bridgehead atoms. The van der Waals surface area contributed by atoms with E-state index in [9.17, 15) is 15.4 Å². The molecule has 0 saturated carbocycles. The van der Waals surface area contributed by atoms with Crippen LogP contribution < -0.4 is 10.7 Å². The van der Waals surface area contributed by atoms with Gasteiger partial charge in [-0.1, -0.05) is 13.3 Å². The van der Waals surface area contributed by atoms with Gasteiger partial charge in [-0.3, -0.25) is 15.8 Å². The molecule has 0 radical (unpaired) electrons. The lowest BCUT2D eigenvalue weighted by Crippen LogP contribution is -2.24. The van der Waals surface area contributed by atoms with Crippen LogP contribution in [-0.2, 0) is 19.3 Å². The van der Waals surface area contributed by atoms with Gasteiger partial charge >= 0.3 is 0 Å². The van der Waals surface area contributed by atoms with Gasteiger partial charge < -0.3 is 0 Å². The first-order valence-corrected chi connectivity index (χ1v) is 9.42. The van der Waals surface area contributed by atoms with Crippen LogP contribution in [0.3, 0.4) is 0 Å². The third-order valence-corrected chi connectivity index (χ3v) is 5.88. The molecule has 0 saturated heterocycles. The van der Waals surface area contributed by atoms with Crippen molar-refractivity contribution in [3.63, 3.8) is 0 Å². The van der Waals surface area contributed by atoms with Gasteiger partial charge in [0.1, 0.15) is 17.3 Å². The Hall–Kier alpha value is -2.46. The van der Waals surface area contributed by atoms with E-state index in [0.717, 1.165) is 65.1 Å². The van der Waals surface area contributed by atoms with Crippen molar-refractivity contribution in [3.8, 4) is 16.5 Å². The van der Waals surface area contributed by atoms with E-state index in [-0.39, 0.29) is 10.6 Å². The first kappa shape index (κ1) is 17.4. The molecular formula is C18H21N4O2S+. The number of aromatic amines is 1. The Kier molecular flexibility index (Phi) is 5.00. The van der Waals surface area contributed by atoms with Gasteiger partial charge in [0.05, 0.1) is 9.80 Å². The van der Waals surface area contributed by atoms with E-state index < -0.39 is 0 Å². The number of nitrogens with zero attached hydrogens (tertiary/aromatic N) is 2. The molecule has 7 heteroatoms. The van der Waals surface area contributed by atoms with E-state index in [1.165, 1.54) is 11.3 Å². The van der Waals surface area contributed by atoms with Crippen LogP contribution in [-0.4, -0.2) is 4.92 Å². The van der Waals surface area contributed by atoms with Crippen LogP contribution >= 0.6 is 11.3 Å². The standard InChI is InChI=1S/C18H20N4O2S/c1-2-3-8-15-14(22(23)24)9-16(25-15)17-11-6-4-5-7-13(11)21-18(20)12(17)10-19/h9H,2-8H2,1H3,(H2,20,21)/p+1. The normalized spacial score (nSPS) is 13.3. The first-order valence-electron chi connectivity index (χ1n) is 8.60. The number of pyridine rings is 1. The second-order valence-corrected chi connectivity index (χ2v) is 7.48. The molecule has 1 aliphatic carbocycles. The van der Waals surface area contributed by atoms with E-state index in [0.29, 0.717) is 17.8 Å². The Morgan fingerprint density at radius 2 is 2.20 bits per heavy atom. The molecule has 3 N–H and O–H groups in total. The molecule has 2 aromatic heterocycles. The van der Waals surface area contributed by atoms with Gasteiger partial charge in [-0.25, -0.2) is 4.98 Å². The topological polar surface area (TPSA) is 107 Å². The third kappa shape index (κ3) is 3.22. The fourth-order valence-corrected chi connectivity index (χ4v) is 4.68. The van der Waals surface area contributed by atoms with Crippen molar-refractivity contribution < 1.29 is 9.91 Å². The van der Waals surface area contributed by atoms with Gasteiger partial charge in [0.2, 0.25) is 0 Å². The third-order valence-electron chi connectivity index (χ3n) is 4.67. The SMILES string of the molecule is CCCCc1sc(-c2c(C#N)c(N)[nH+]c3c2CCCC3)cc1[N+](=O)[O-]. The van der Waals surface area contributed by atoms with E-state index in [1.54, 1.807) is 6.07 Å². The molecule has 0 aromatic carbocycles. The lowest BCUT2D eigenvalue weighted by Gasteiger charge is -2.17. The summed E-state index contributed by atoms with van der Waals surface area (Å²) in [6.07, 6.45) is 6.49. The van der Waals surface area contributed by atoms with Gasteiger partial charge in [0.25, 0.3) is 11.5 Å². The maximum Gasteiger partial charge on any atom is 0.289 e. The van der Waals surface area contributed by atoms with Crippen molar-refractivity contribution in [2.45, 2.75) is 51.9 Å². The van der Waals surface area contributed by atoms with Gasteiger partial charge in [0.15, 0.2) is 0 Å². The van der Waals surface area contributed by atoms with Gasteiger partial charge in [-0.2, -0.15) is 5.26 Å². The zero-order valence-corrected chi connectivity index (χ0v) is 15.0. The molecule has 0 atom stereocenters. The van der Waals surface area contributed by atoms with Crippen molar-refractivity contribution >= 4 is 22.8 Å². The number of nitrogens with one attached hydrogen (secondary N) is 1. The molecule has 25 heavy (non-hydrogen) atoms. The summed E-state index contributed by atoms with van der Waals surface area (Å²) in [6.45, 7) is 2.07. The Bertz CT molecular complexity index is 867. The van der Waals surface area contributed by atoms with Gasteiger partial charge in [0, 0.05) is 28.5 Å². The minimum atomic E-state index is -0.318. The molecular weight excluding hydrogens is 336 g/mol. The quantitative estimate of drug-likeness (QED) is 0.648. The summed E-state index contributed by atoms with van der Waals surface area (Å²) in [5, 5.41) is 21.1. The van der Waals surface area contributed by atoms with Crippen molar-refractivity contribution in [1.82, 2.24) is 0 Å². The summed E-state index contributed by atoms with van der Waals surface area (Å²) in [7, 11) is 0. The van der Waals surface area contributed by atoms with Gasteiger partial charge in [-0.05, 0) is 32.1 Å². The predicted octanol–water partition coefficient (Wildman–Crippen LogP) is 3.81. The number of nitrogens with two attached hydrogens (primary N) is 1. The number of hydrogen-bond acceptors (Lipinski definition) is 5. The van der Waals surface area contributed by atoms with Crippen molar-refractivity contribution in [2.24, 2.45) is 0 Å². The van der Waals surface area contributed by atoms with Crippen LogP contribution in [0.5, 0.6) is 0 Å². The maximum absolute atomic E-state index is 11.5. The molecule has 1 aliphatic rings. The van der Waals surface area contributed by atoms with Crippen LogP contribution in [0.2, 0.25) is 0 Å². The Balaban J connectivity index is 2.21. The van der Waals surface area contributed by atoms with E-state index in [1.807, 2.05) is 0 Å². The van der Waals surface area contributed by atoms with E-state index in [2.05, 4.69) is 18.0 Å². The van der Waals surface area contributed by atoms with Crippen LogP contribution in [0.15, 0.2) is 6.07 Å². The lowest BCUT2D eigenvalue weighted by atomic mass is 9.89. The zero-order chi connectivity index (χ0) is 18.0. The molecule has 0 unspecified atom stereocenters. The van der Waals surface area contributed by atoms with Crippen LogP contribution in [0.25, 0.3) is 10.4 Å². The number of aromatic nitrogens is 1. The van der Waals surface area contributed by atoms with Gasteiger partial charge in [-0.15, -0.1) is 11.3 Å². The summed E-state index contributed by atoms with van der Waals surface area (Å²) in [6, 6.07) is 3.82. The molecule has 0 fully saturated rings. The number of fused-ring (bicyclic) bond motifs is 1. The average Bonchev–Trinajstić information content (AvgIpc) is 3.02. The summed E-state index contributed by atoms with van der Waals surface area (Å²) in [5.41, 5.74) is 9.58. The number of rotatable bonds is 5.